The molecule has 0 saturated heterocycles. The third kappa shape index (κ3) is 3.17. The van der Waals surface area contributed by atoms with Crippen molar-refractivity contribution in [2.75, 3.05) is 12.4 Å². The van der Waals surface area contributed by atoms with Gasteiger partial charge in [-0.3, -0.25) is 0 Å². The van der Waals surface area contributed by atoms with E-state index in [1.54, 1.807) is 11.3 Å². The molecule has 0 saturated carbocycles. The minimum atomic E-state index is -0.478. The maximum atomic E-state index is 13.4. The summed E-state index contributed by atoms with van der Waals surface area (Å²) >= 11 is 1.63. The summed E-state index contributed by atoms with van der Waals surface area (Å²) in [7, 11) is 1.31. The molecule has 0 bridgehead atoms. The van der Waals surface area contributed by atoms with Crippen LogP contribution < -0.4 is 5.32 Å². The number of rotatable bonds is 5. The van der Waals surface area contributed by atoms with E-state index in [-0.39, 0.29) is 11.9 Å². The van der Waals surface area contributed by atoms with Crippen LogP contribution in [0.25, 0.3) is 0 Å². The zero-order valence-corrected chi connectivity index (χ0v) is 12.2. The number of carbonyl (C=O) groups excluding carboxylic acids is 1. The zero-order chi connectivity index (χ0) is 14.5. The van der Waals surface area contributed by atoms with Gasteiger partial charge in [-0.1, -0.05) is 13.0 Å². The summed E-state index contributed by atoms with van der Waals surface area (Å²) in [4.78, 5) is 12.9. The highest BCUT2D eigenvalue weighted by Gasteiger charge is 2.17. The third-order valence-electron chi connectivity index (χ3n) is 3.01. The fourth-order valence-corrected chi connectivity index (χ4v) is 2.84. The molecule has 0 aliphatic rings. The number of esters is 1. The van der Waals surface area contributed by atoms with Crippen LogP contribution in [0.15, 0.2) is 35.7 Å². The Kier molecular flexibility index (Phi) is 4.74. The fourth-order valence-electron chi connectivity index (χ4n) is 1.98. The number of thiophene rings is 1. The van der Waals surface area contributed by atoms with E-state index < -0.39 is 5.97 Å². The Bertz CT molecular complexity index is 584. The van der Waals surface area contributed by atoms with Crippen molar-refractivity contribution in [2.45, 2.75) is 19.4 Å². The third-order valence-corrected chi connectivity index (χ3v) is 4.00. The molecule has 0 aliphatic carbocycles. The Morgan fingerprint density at radius 3 is 2.85 bits per heavy atom. The van der Waals surface area contributed by atoms with Crippen LogP contribution in [0.4, 0.5) is 10.1 Å². The molecular formula is C15H16FNO2S. The molecule has 1 heterocycles. The number of anilines is 1. The second kappa shape index (κ2) is 6.52. The zero-order valence-electron chi connectivity index (χ0n) is 11.4. The van der Waals surface area contributed by atoms with Crippen molar-refractivity contribution in [3.8, 4) is 0 Å². The number of ether oxygens (including phenoxy) is 1. The number of benzene rings is 1. The monoisotopic (exact) mass is 293 g/mol. The number of nitrogens with one attached hydrogen (secondary N) is 1. The van der Waals surface area contributed by atoms with Crippen LogP contribution >= 0.6 is 11.3 Å². The number of methoxy groups -OCH3 is 1. The van der Waals surface area contributed by atoms with Crippen LogP contribution in [0.3, 0.4) is 0 Å². The standard InChI is InChI=1S/C15H16FNO2S/c1-3-12(14-5-4-8-20-14)17-13-9-10(16)6-7-11(13)15(18)19-2/h4-9,12,17H,3H2,1-2H3. The van der Waals surface area contributed by atoms with Gasteiger partial charge in [-0.2, -0.15) is 0 Å². The first-order valence-corrected chi connectivity index (χ1v) is 7.21. The summed E-state index contributed by atoms with van der Waals surface area (Å²) in [6.07, 6.45) is 0.831. The van der Waals surface area contributed by atoms with E-state index in [2.05, 4.69) is 5.32 Å². The molecule has 2 rings (SSSR count). The van der Waals surface area contributed by atoms with Crippen molar-refractivity contribution in [1.29, 1.82) is 0 Å². The molecular weight excluding hydrogens is 277 g/mol. The van der Waals surface area contributed by atoms with Crippen molar-refractivity contribution < 1.29 is 13.9 Å². The maximum absolute atomic E-state index is 13.4. The van der Waals surface area contributed by atoms with E-state index in [0.29, 0.717) is 11.3 Å². The average Bonchev–Trinajstić information content (AvgIpc) is 2.98. The van der Waals surface area contributed by atoms with Gasteiger partial charge < -0.3 is 10.1 Å². The van der Waals surface area contributed by atoms with Crippen LogP contribution in [0.5, 0.6) is 0 Å². The molecule has 0 aliphatic heterocycles. The van der Waals surface area contributed by atoms with Crippen molar-refractivity contribution in [3.63, 3.8) is 0 Å². The van der Waals surface area contributed by atoms with Gasteiger partial charge in [0.25, 0.3) is 0 Å². The van der Waals surface area contributed by atoms with Gasteiger partial charge in [0.05, 0.1) is 24.4 Å². The second-order valence-electron chi connectivity index (χ2n) is 4.30. The molecule has 1 unspecified atom stereocenters. The Hall–Kier alpha value is -1.88. The van der Waals surface area contributed by atoms with E-state index in [9.17, 15) is 9.18 Å². The van der Waals surface area contributed by atoms with Gasteiger partial charge in [-0.15, -0.1) is 11.3 Å². The van der Waals surface area contributed by atoms with Crippen LogP contribution in [-0.4, -0.2) is 13.1 Å². The average molecular weight is 293 g/mol. The molecule has 5 heteroatoms. The van der Waals surface area contributed by atoms with Crippen molar-refractivity contribution >= 4 is 23.0 Å². The first kappa shape index (κ1) is 14.5. The first-order chi connectivity index (χ1) is 9.65. The maximum Gasteiger partial charge on any atom is 0.339 e. The van der Waals surface area contributed by atoms with Crippen molar-refractivity contribution in [3.05, 3.63) is 52.0 Å². The van der Waals surface area contributed by atoms with E-state index in [4.69, 9.17) is 4.74 Å². The lowest BCUT2D eigenvalue weighted by molar-refractivity contribution is 0.0601. The lowest BCUT2D eigenvalue weighted by Crippen LogP contribution is -2.13. The highest BCUT2D eigenvalue weighted by atomic mass is 32.1. The molecule has 1 aromatic carbocycles. The van der Waals surface area contributed by atoms with Gasteiger partial charge in [-0.05, 0) is 36.1 Å². The largest absolute Gasteiger partial charge is 0.465 e. The molecule has 0 radical (unpaired) electrons. The Labute approximate surface area is 121 Å². The summed E-state index contributed by atoms with van der Waals surface area (Å²) in [6.45, 7) is 2.04. The normalized spacial score (nSPS) is 11.9. The van der Waals surface area contributed by atoms with Crippen LogP contribution in [0.1, 0.15) is 34.6 Å². The predicted octanol–water partition coefficient (Wildman–Crippen LogP) is 4.24. The van der Waals surface area contributed by atoms with E-state index >= 15 is 0 Å². The number of halogens is 1. The molecule has 0 spiro atoms. The fraction of sp³-hybridized carbons (Fsp3) is 0.267. The van der Waals surface area contributed by atoms with Gasteiger partial charge >= 0.3 is 5.97 Å². The summed E-state index contributed by atoms with van der Waals surface area (Å²) in [5.41, 5.74) is 0.793. The van der Waals surface area contributed by atoms with E-state index in [0.717, 1.165) is 11.3 Å². The summed E-state index contributed by atoms with van der Waals surface area (Å²) in [5.74, 6) is -0.866. The molecule has 20 heavy (non-hydrogen) atoms. The van der Waals surface area contributed by atoms with E-state index in [1.807, 2.05) is 24.4 Å². The molecule has 0 fully saturated rings. The molecule has 106 valence electrons. The molecule has 2 aromatic rings. The minimum absolute atomic E-state index is 0.0419. The van der Waals surface area contributed by atoms with Crippen LogP contribution in [0, 0.1) is 5.82 Å². The summed E-state index contributed by atoms with van der Waals surface area (Å²) in [5, 5.41) is 5.22. The predicted molar refractivity (Wildman–Crippen MR) is 78.7 cm³/mol. The highest BCUT2D eigenvalue weighted by Crippen LogP contribution is 2.28. The number of hydrogen-bond acceptors (Lipinski definition) is 4. The lowest BCUT2D eigenvalue weighted by Gasteiger charge is -2.19. The van der Waals surface area contributed by atoms with Crippen molar-refractivity contribution in [2.24, 2.45) is 0 Å². The Morgan fingerprint density at radius 2 is 2.25 bits per heavy atom. The first-order valence-electron chi connectivity index (χ1n) is 6.33. The van der Waals surface area contributed by atoms with Gasteiger partial charge in [0.15, 0.2) is 0 Å². The summed E-state index contributed by atoms with van der Waals surface area (Å²) in [6, 6.07) is 8.04. The molecule has 1 aromatic heterocycles. The number of carbonyl (C=O) groups is 1. The molecule has 1 N–H and O–H groups in total. The van der Waals surface area contributed by atoms with Crippen LogP contribution in [-0.2, 0) is 4.74 Å². The molecule has 1 atom stereocenters. The topological polar surface area (TPSA) is 38.3 Å². The molecule has 3 nitrogen and oxygen atoms in total. The summed E-state index contributed by atoms with van der Waals surface area (Å²) < 4.78 is 18.1. The number of hydrogen-bond donors (Lipinski definition) is 1. The van der Waals surface area contributed by atoms with Gasteiger partial charge in [-0.25, -0.2) is 9.18 Å². The Balaban J connectivity index is 2.31. The van der Waals surface area contributed by atoms with Gasteiger partial charge in [0.2, 0.25) is 0 Å². The minimum Gasteiger partial charge on any atom is -0.465 e. The SMILES string of the molecule is CCC(Nc1cc(F)ccc1C(=O)OC)c1cccs1. The Morgan fingerprint density at radius 1 is 1.45 bits per heavy atom. The van der Waals surface area contributed by atoms with Gasteiger partial charge in [0.1, 0.15) is 5.82 Å². The van der Waals surface area contributed by atoms with Crippen LogP contribution in [0.2, 0.25) is 0 Å². The second-order valence-corrected chi connectivity index (χ2v) is 5.28. The van der Waals surface area contributed by atoms with E-state index in [1.165, 1.54) is 25.3 Å². The quantitative estimate of drug-likeness (QED) is 0.838. The molecule has 0 amide bonds. The lowest BCUT2D eigenvalue weighted by atomic mass is 10.1. The van der Waals surface area contributed by atoms with Gasteiger partial charge in [0, 0.05) is 4.88 Å². The highest BCUT2D eigenvalue weighted by molar-refractivity contribution is 7.10. The van der Waals surface area contributed by atoms with Crippen molar-refractivity contribution in [1.82, 2.24) is 0 Å². The smallest absolute Gasteiger partial charge is 0.339 e.